The molecule has 0 bridgehead atoms. The summed E-state index contributed by atoms with van der Waals surface area (Å²) in [5, 5.41) is 9.42. The lowest BCUT2D eigenvalue weighted by Gasteiger charge is -2.31. The molecule has 182 valence electrons. The van der Waals surface area contributed by atoms with E-state index in [1.54, 1.807) is 43.4 Å². The highest BCUT2D eigenvalue weighted by Gasteiger charge is 2.35. The Morgan fingerprint density at radius 2 is 1.94 bits per heavy atom. The van der Waals surface area contributed by atoms with Crippen molar-refractivity contribution in [3.63, 3.8) is 0 Å². The lowest BCUT2D eigenvalue weighted by Crippen LogP contribution is -2.39. The van der Waals surface area contributed by atoms with Crippen LogP contribution in [0.15, 0.2) is 28.8 Å². The van der Waals surface area contributed by atoms with Crippen molar-refractivity contribution in [2.24, 2.45) is 0 Å². The number of carboxylic acid groups (broad SMARTS) is 1. The number of carbonyl (C=O) groups is 2. The number of benzene rings is 1. The number of aromatic carboxylic acids is 1. The number of amides is 1. The minimum atomic E-state index is -1.37. The predicted molar refractivity (Wildman–Crippen MR) is 127 cm³/mol. The van der Waals surface area contributed by atoms with Crippen LogP contribution in [-0.4, -0.2) is 51.9 Å². The van der Waals surface area contributed by atoms with Crippen LogP contribution in [0, 0.1) is 5.82 Å². The molecular weight excluding hydrogens is 465 g/mol. The van der Waals surface area contributed by atoms with Crippen LogP contribution in [0.4, 0.5) is 14.9 Å². The lowest BCUT2D eigenvalue weighted by atomic mass is 10.1. The zero-order valence-electron chi connectivity index (χ0n) is 19.7. The third-order valence-corrected chi connectivity index (χ3v) is 6.45. The molecule has 1 amide bonds. The Balaban J connectivity index is 1.77. The quantitative estimate of drug-likeness (QED) is 0.661. The van der Waals surface area contributed by atoms with Crippen molar-refractivity contribution < 1.29 is 23.8 Å². The second kappa shape index (κ2) is 8.30. The molecule has 1 N–H and O–H groups in total. The van der Waals surface area contributed by atoms with E-state index in [9.17, 15) is 19.5 Å². The predicted octanol–water partition coefficient (Wildman–Crippen LogP) is 4.79. The molecule has 0 spiro atoms. The zero-order chi connectivity index (χ0) is 25.1. The van der Waals surface area contributed by atoms with Gasteiger partial charge in [0, 0.05) is 31.5 Å². The Morgan fingerprint density at radius 3 is 2.50 bits per heavy atom. The number of aromatic nitrogens is 1. The Kier molecular flexibility index (Phi) is 5.88. The molecule has 0 radical (unpaired) electrons. The maximum Gasteiger partial charge on any atom is 0.414 e. The molecule has 34 heavy (non-hydrogen) atoms. The van der Waals surface area contributed by atoms with E-state index in [1.807, 2.05) is 6.92 Å². The fraction of sp³-hybridized carbons (Fsp3) is 0.458. The molecule has 4 rings (SSSR count). The Morgan fingerprint density at radius 1 is 1.29 bits per heavy atom. The van der Waals surface area contributed by atoms with Gasteiger partial charge in [0.2, 0.25) is 5.43 Å². The maximum atomic E-state index is 15.4. The third kappa shape index (κ3) is 4.13. The molecule has 2 heterocycles. The van der Waals surface area contributed by atoms with E-state index in [2.05, 4.69) is 0 Å². The summed E-state index contributed by atoms with van der Waals surface area (Å²) in [4.78, 5) is 40.0. The molecule has 1 aromatic heterocycles. The van der Waals surface area contributed by atoms with Gasteiger partial charge in [0.05, 0.1) is 27.7 Å². The van der Waals surface area contributed by atoms with Crippen molar-refractivity contribution in [2.75, 3.05) is 18.5 Å². The number of nitrogens with zero attached hydrogens (tertiary/aromatic N) is 3. The van der Waals surface area contributed by atoms with Gasteiger partial charge >= 0.3 is 12.1 Å². The second-order valence-corrected chi connectivity index (χ2v) is 10.1. The highest BCUT2D eigenvalue weighted by Crippen LogP contribution is 2.43. The number of halogens is 2. The van der Waals surface area contributed by atoms with Crippen molar-refractivity contribution >= 4 is 40.3 Å². The first-order valence-electron chi connectivity index (χ1n) is 11.1. The van der Waals surface area contributed by atoms with Crippen LogP contribution in [0.2, 0.25) is 5.02 Å². The number of hydrogen-bond donors (Lipinski definition) is 1. The van der Waals surface area contributed by atoms with Gasteiger partial charge in [-0.05, 0) is 52.7 Å². The fourth-order valence-electron chi connectivity index (χ4n) is 4.31. The molecule has 0 saturated heterocycles. The molecule has 1 saturated carbocycles. The number of likely N-dealkylation sites (N-methyl/N-ethyl adjacent to an activating group) is 1. The maximum absolute atomic E-state index is 15.4. The summed E-state index contributed by atoms with van der Waals surface area (Å²) in [7, 11) is 1.59. The summed E-state index contributed by atoms with van der Waals surface area (Å²) >= 11 is 6.73. The zero-order valence-corrected chi connectivity index (χ0v) is 20.4. The number of carboxylic acids is 1. The monoisotopic (exact) mass is 491 g/mol. The van der Waals surface area contributed by atoms with E-state index < -0.39 is 40.5 Å². The van der Waals surface area contributed by atoms with Crippen molar-refractivity contribution in [1.82, 2.24) is 9.47 Å². The summed E-state index contributed by atoms with van der Waals surface area (Å²) in [6.45, 7) is 7.43. The average Bonchev–Trinajstić information content (AvgIpc) is 3.50. The summed E-state index contributed by atoms with van der Waals surface area (Å²) in [5.41, 5.74) is -0.808. The molecule has 1 aliphatic carbocycles. The van der Waals surface area contributed by atoms with Gasteiger partial charge in [0.15, 0.2) is 0 Å². The first kappa shape index (κ1) is 24.1. The molecule has 1 aromatic carbocycles. The lowest BCUT2D eigenvalue weighted by molar-refractivity contribution is 0.0347. The molecule has 1 aliphatic heterocycles. The van der Waals surface area contributed by atoms with Gasteiger partial charge in [0.1, 0.15) is 17.0 Å². The molecule has 2 aliphatic rings. The number of carbonyl (C=O) groups excluding carboxylic acids is 1. The van der Waals surface area contributed by atoms with Gasteiger partial charge in [-0.15, -0.1) is 0 Å². The highest BCUT2D eigenvalue weighted by atomic mass is 35.5. The highest BCUT2D eigenvalue weighted by molar-refractivity contribution is 6.38. The largest absolute Gasteiger partial charge is 0.477 e. The van der Waals surface area contributed by atoms with Crippen LogP contribution in [-0.2, 0) is 4.74 Å². The third-order valence-electron chi connectivity index (χ3n) is 6.09. The van der Waals surface area contributed by atoms with Crippen LogP contribution < -0.4 is 10.3 Å². The van der Waals surface area contributed by atoms with Gasteiger partial charge < -0.3 is 19.3 Å². The molecule has 1 atom stereocenters. The fourth-order valence-corrected chi connectivity index (χ4v) is 4.70. The topological polar surface area (TPSA) is 92.1 Å². The number of fused-ring (bicyclic) bond motifs is 1. The smallest absolute Gasteiger partial charge is 0.414 e. The van der Waals surface area contributed by atoms with Gasteiger partial charge in [-0.3, -0.25) is 9.69 Å². The first-order valence-corrected chi connectivity index (χ1v) is 11.4. The van der Waals surface area contributed by atoms with E-state index in [1.165, 1.54) is 11.1 Å². The Labute approximate surface area is 201 Å². The number of ether oxygens (including phenoxy) is 1. The van der Waals surface area contributed by atoms with Crippen molar-refractivity contribution in [2.45, 2.75) is 58.2 Å². The minimum Gasteiger partial charge on any atom is -0.477 e. The van der Waals surface area contributed by atoms with Crippen LogP contribution in [0.1, 0.15) is 56.9 Å². The SMILES string of the molecule is CC1C(N(C)C(=O)OC(C)(C)C)=CCN1c1c(F)cc2c(=O)c(C(=O)O)cn(C3CC3)c2c1Cl. The van der Waals surface area contributed by atoms with E-state index in [0.717, 1.165) is 18.9 Å². The van der Waals surface area contributed by atoms with Crippen LogP contribution in [0.25, 0.3) is 10.9 Å². The average molecular weight is 492 g/mol. The van der Waals surface area contributed by atoms with Gasteiger partial charge in [0.25, 0.3) is 0 Å². The van der Waals surface area contributed by atoms with Crippen molar-refractivity contribution in [3.05, 3.63) is 50.7 Å². The van der Waals surface area contributed by atoms with Crippen LogP contribution >= 0.6 is 11.6 Å². The van der Waals surface area contributed by atoms with Gasteiger partial charge in [-0.2, -0.15) is 0 Å². The van der Waals surface area contributed by atoms with Crippen molar-refractivity contribution in [3.8, 4) is 0 Å². The second-order valence-electron chi connectivity index (χ2n) is 9.73. The summed E-state index contributed by atoms with van der Waals surface area (Å²) in [5.74, 6) is -2.10. The number of rotatable bonds is 4. The number of hydrogen-bond acceptors (Lipinski definition) is 5. The number of anilines is 1. The Bertz CT molecular complexity index is 1290. The number of pyridine rings is 1. The van der Waals surface area contributed by atoms with E-state index in [0.29, 0.717) is 11.2 Å². The van der Waals surface area contributed by atoms with Crippen LogP contribution in [0.3, 0.4) is 0 Å². The molecule has 1 unspecified atom stereocenters. The normalized spacial score (nSPS) is 18.3. The van der Waals surface area contributed by atoms with Crippen LogP contribution in [0.5, 0.6) is 0 Å². The Hall–Kier alpha value is -3.07. The van der Waals surface area contributed by atoms with Gasteiger partial charge in [-0.25, -0.2) is 14.0 Å². The minimum absolute atomic E-state index is 0.000000413. The summed E-state index contributed by atoms with van der Waals surface area (Å²) in [6.07, 6.45) is 4.20. The van der Waals surface area contributed by atoms with Crippen molar-refractivity contribution in [1.29, 1.82) is 0 Å². The molecular formula is C24H27ClFN3O5. The summed E-state index contributed by atoms with van der Waals surface area (Å²) < 4.78 is 22.5. The standard InChI is InChI=1S/C24H27ClFN3O5/c1-12-17(27(5)23(33)34-24(2,3)4)8-9-28(12)20-16(26)10-14-19(18(20)25)29(13-6-7-13)11-15(21(14)30)22(31)32/h8,10-13H,6-7,9H2,1-5H3,(H,31,32). The first-order chi connectivity index (χ1) is 15.8. The van der Waals surface area contributed by atoms with Gasteiger partial charge in [-0.1, -0.05) is 11.6 Å². The molecule has 1 fully saturated rings. The van der Waals surface area contributed by atoms with E-state index in [4.69, 9.17) is 16.3 Å². The van der Waals surface area contributed by atoms with E-state index in [-0.39, 0.29) is 28.7 Å². The van der Waals surface area contributed by atoms with E-state index >= 15 is 4.39 Å². The molecule has 2 aromatic rings. The summed E-state index contributed by atoms with van der Waals surface area (Å²) in [6, 6.07) is 0.647. The molecule has 8 nitrogen and oxygen atoms in total. The molecule has 10 heteroatoms.